The summed E-state index contributed by atoms with van der Waals surface area (Å²) in [4.78, 5) is 10.5. The van der Waals surface area contributed by atoms with Gasteiger partial charge in [-0.05, 0) is 26.0 Å². The summed E-state index contributed by atoms with van der Waals surface area (Å²) in [6, 6.07) is 6.20. The largest absolute Gasteiger partial charge is 0.373 e. The highest BCUT2D eigenvalue weighted by molar-refractivity contribution is 7.91. The predicted molar refractivity (Wildman–Crippen MR) is 72.6 cm³/mol. The third-order valence-corrected chi connectivity index (χ3v) is 5.27. The second-order valence-corrected chi connectivity index (χ2v) is 7.37. The van der Waals surface area contributed by atoms with Crippen LogP contribution in [-0.2, 0) is 9.84 Å². The monoisotopic (exact) mass is 284 g/mol. The van der Waals surface area contributed by atoms with Crippen LogP contribution in [0.2, 0.25) is 0 Å². The topological polar surface area (TPSA) is 89.3 Å². The third-order valence-electron chi connectivity index (χ3n) is 3.40. The van der Waals surface area contributed by atoms with Gasteiger partial charge in [0.2, 0.25) is 6.04 Å². The van der Waals surface area contributed by atoms with E-state index in [1.165, 1.54) is 0 Å². The van der Waals surface area contributed by atoms with Gasteiger partial charge in [0.25, 0.3) is 0 Å². The third kappa shape index (κ3) is 2.86. The second-order valence-electron chi connectivity index (χ2n) is 5.26. The molecule has 0 radical (unpaired) electrons. The first-order valence-electron chi connectivity index (χ1n) is 5.91. The van der Waals surface area contributed by atoms with E-state index in [-0.39, 0.29) is 5.75 Å². The lowest BCUT2D eigenvalue weighted by molar-refractivity contribution is -0.523. The van der Waals surface area contributed by atoms with Crippen molar-refractivity contribution in [2.75, 3.05) is 16.8 Å². The minimum Gasteiger partial charge on any atom is -0.373 e. The minimum absolute atomic E-state index is 0.223. The molecule has 7 heteroatoms. The first-order valence-corrected chi connectivity index (χ1v) is 7.73. The number of hydrogen-bond donors (Lipinski definition) is 1. The molecule has 0 aromatic heterocycles. The molecule has 6 nitrogen and oxygen atoms in total. The Balaban J connectivity index is 2.30. The molecule has 1 aromatic rings. The highest BCUT2D eigenvalue weighted by Crippen LogP contribution is 2.29. The van der Waals surface area contributed by atoms with Crippen LogP contribution in [0.5, 0.6) is 0 Å². The number of rotatable bonds is 3. The number of anilines is 1. The van der Waals surface area contributed by atoms with Crippen molar-refractivity contribution in [3.63, 3.8) is 0 Å². The molecular weight excluding hydrogens is 268 g/mol. The predicted octanol–water partition coefficient (Wildman–Crippen LogP) is 1.24. The lowest BCUT2D eigenvalue weighted by Crippen LogP contribution is -2.49. The van der Waals surface area contributed by atoms with E-state index in [0.29, 0.717) is 5.69 Å². The zero-order valence-electron chi connectivity index (χ0n) is 10.8. The maximum absolute atomic E-state index is 11.7. The molecule has 1 N–H and O–H groups in total. The highest BCUT2D eigenvalue weighted by atomic mass is 32.2. The molecule has 1 aliphatic heterocycles. The van der Waals surface area contributed by atoms with Gasteiger partial charge in [-0.3, -0.25) is 10.1 Å². The Hall–Kier alpha value is -1.63. The Bertz CT molecular complexity index is 597. The van der Waals surface area contributed by atoms with Gasteiger partial charge in [0.05, 0.1) is 5.75 Å². The molecule has 0 saturated carbocycles. The number of hydrogen-bond acceptors (Lipinski definition) is 5. The summed E-state index contributed by atoms with van der Waals surface area (Å²) in [6.07, 6.45) is 0. The Labute approximate surface area is 111 Å². The Morgan fingerprint density at radius 2 is 1.95 bits per heavy atom. The Morgan fingerprint density at radius 3 is 2.47 bits per heavy atom. The molecule has 1 heterocycles. The van der Waals surface area contributed by atoms with Crippen molar-refractivity contribution in [2.24, 2.45) is 0 Å². The number of benzene rings is 1. The van der Waals surface area contributed by atoms with E-state index < -0.39 is 32.1 Å². The van der Waals surface area contributed by atoms with Gasteiger partial charge in [0.15, 0.2) is 9.84 Å². The van der Waals surface area contributed by atoms with Crippen LogP contribution in [0.15, 0.2) is 24.3 Å². The number of sulfone groups is 1. The molecule has 0 aliphatic carbocycles. The van der Waals surface area contributed by atoms with E-state index in [0.717, 1.165) is 5.56 Å². The fourth-order valence-corrected chi connectivity index (χ4v) is 4.68. The lowest BCUT2D eigenvalue weighted by atomic mass is 9.96. The maximum Gasteiger partial charge on any atom is 0.250 e. The first-order chi connectivity index (χ1) is 8.72. The molecule has 0 spiro atoms. The van der Waals surface area contributed by atoms with Crippen LogP contribution in [0.4, 0.5) is 5.69 Å². The average Bonchev–Trinajstić information content (AvgIpc) is 2.52. The zero-order valence-corrected chi connectivity index (χ0v) is 11.6. The summed E-state index contributed by atoms with van der Waals surface area (Å²) in [5.41, 5.74) is 0.690. The summed E-state index contributed by atoms with van der Waals surface area (Å²) < 4.78 is 23.3. The van der Waals surface area contributed by atoms with E-state index in [4.69, 9.17) is 0 Å². The van der Waals surface area contributed by atoms with Gasteiger partial charge in [0, 0.05) is 10.6 Å². The van der Waals surface area contributed by atoms with Crippen molar-refractivity contribution >= 4 is 15.5 Å². The standard InChI is InChI=1S/C12H16N2O4S/c1-9-3-5-10(6-4-9)13-12(2)8-19(17,18)7-11(12)14(15)16/h3-6,11,13H,7-8H2,1-2H3/t11-,12-/m0/s1. The van der Waals surface area contributed by atoms with E-state index in [1.54, 1.807) is 19.1 Å². The van der Waals surface area contributed by atoms with Gasteiger partial charge in [0.1, 0.15) is 11.3 Å². The van der Waals surface area contributed by atoms with Crippen molar-refractivity contribution < 1.29 is 13.3 Å². The van der Waals surface area contributed by atoms with Crippen molar-refractivity contribution in [1.29, 1.82) is 0 Å². The van der Waals surface area contributed by atoms with Crippen LogP contribution >= 0.6 is 0 Å². The fraction of sp³-hybridized carbons (Fsp3) is 0.500. The summed E-state index contributed by atoms with van der Waals surface area (Å²) in [6.45, 7) is 3.52. The molecule has 2 rings (SSSR count). The number of nitro groups is 1. The molecule has 0 amide bonds. The Kier molecular flexibility index (Phi) is 3.25. The van der Waals surface area contributed by atoms with E-state index in [2.05, 4.69) is 5.32 Å². The number of nitrogens with zero attached hydrogens (tertiary/aromatic N) is 1. The van der Waals surface area contributed by atoms with Gasteiger partial charge in [-0.2, -0.15) is 0 Å². The second kappa shape index (κ2) is 4.48. The molecule has 1 fully saturated rings. The van der Waals surface area contributed by atoms with Crippen LogP contribution in [-0.4, -0.2) is 36.4 Å². The molecule has 1 aromatic carbocycles. The zero-order chi connectivity index (χ0) is 14.3. The molecule has 19 heavy (non-hydrogen) atoms. The highest BCUT2D eigenvalue weighted by Gasteiger charge is 2.54. The summed E-state index contributed by atoms with van der Waals surface area (Å²) in [7, 11) is -3.38. The summed E-state index contributed by atoms with van der Waals surface area (Å²) in [5, 5.41) is 14.1. The van der Waals surface area contributed by atoms with Crippen LogP contribution in [0.3, 0.4) is 0 Å². The smallest absolute Gasteiger partial charge is 0.250 e. The van der Waals surface area contributed by atoms with Gasteiger partial charge in [-0.15, -0.1) is 0 Å². The van der Waals surface area contributed by atoms with Crippen LogP contribution in [0.1, 0.15) is 12.5 Å². The Morgan fingerprint density at radius 1 is 1.37 bits per heavy atom. The molecule has 1 saturated heterocycles. The molecule has 2 atom stereocenters. The van der Waals surface area contributed by atoms with E-state index in [9.17, 15) is 18.5 Å². The van der Waals surface area contributed by atoms with E-state index >= 15 is 0 Å². The van der Waals surface area contributed by atoms with Crippen molar-refractivity contribution in [3.05, 3.63) is 39.9 Å². The van der Waals surface area contributed by atoms with Gasteiger partial charge in [-0.25, -0.2) is 8.42 Å². The number of aryl methyl sites for hydroxylation is 1. The van der Waals surface area contributed by atoms with Gasteiger partial charge < -0.3 is 5.32 Å². The number of nitrogens with one attached hydrogen (secondary N) is 1. The average molecular weight is 284 g/mol. The maximum atomic E-state index is 11.7. The van der Waals surface area contributed by atoms with Crippen LogP contribution in [0, 0.1) is 17.0 Å². The van der Waals surface area contributed by atoms with Crippen molar-refractivity contribution in [3.8, 4) is 0 Å². The summed E-state index contributed by atoms with van der Waals surface area (Å²) in [5.74, 6) is -0.630. The molecule has 0 bridgehead atoms. The van der Waals surface area contributed by atoms with Gasteiger partial charge >= 0.3 is 0 Å². The van der Waals surface area contributed by atoms with Crippen molar-refractivity contribution in [2.45, 2.75) is 25.4 Å². The fourth-order valence-electron chi connectivity index (χ4n) is 2.42. The normalized spacial score (nSPS) is 29.1. The first kappa shape index (κ1) is 13.8. The quantitative estimate of drug-likeness (QED) is 0.666. The molecule has 1 aliphatic rings. The lowest BCUT2D eigenvalue weighted by Gasteiger charge is -2.27. The van der Waals surface area contributed by atoms with Gasteiger partial charge in [-0.1, -0.05) is 17.7 Å². The van der Waals surface area contributed by atoms with Crippen LogP contribution in [0.25, 0.3) is 0 Å². The minimum atomic E-state index is -3.38. The molecule has 0 unspecified atom stereocenters. The SMILES string of the molecule is Cc1ccc(N[C@@]2(C)CS(=O)(=O)C[C@@H]2[N+](=O)[O-])cc1. The van der Waals surface area contributed by atoms with E-state index in [1.807, 2.05) is 19.1 Å². The molecule has 104 valence electrons. The molecular formula is C12H16N2O4S. The van der Waals surface area contributed by atoms with Crippen LogP contribution < -0.4 is 5.32 Å². The summed E-state index contributed by atoms with van der Waals surface area (Å²) >= 11 is 0. The van der Waals surface area contributed by atoms with Crippen molar-refractivity contribution in [1.82, 2.24) is 0 Å².